The van der Waals surface area contributed by atoms with Gasteiger partial charge in [0.25, 0.3) is 0 Å². The van der Waals surface area contributed by atoms with Gasteiger partial charge in [0, 0.05) is 25.1 Å². The van der Waals surface area contributed by atoms with Crippen LogP contribution >= 0.6 is 0 Å². The van der Waals surface area contributed by atoms with E-state index < -0.39 is 0 Å². The molecule has 1 atom stereocenters. The van der Waals surface area contributed by atoms with E-state index in [1.807, 2.05) is 0 Å². The maximum Gasteiger partial charge on any atom is 0.160 e. The highest BCUT2D eigenvalue weighted by molar-refractivity contribution is 5.86. The molecule has 0 unspecified atom stereocenters. The maximum atomic E-state index is 5.56. The normalized spacial score (nSPS) is 27.7. The van der Waals surface area contributed by atoms with Crippen LogP contribution in [-0.2, 0) is 4.74 Å². The lowest BCUT2D eigenvalue weighted by atomic mass is 9.87. The summed E-state index contributed by atoms with van der Waals surface area (Å²) in [6, 6.07) is 0. The van der Waals surface area contributed by atoms with Gasteiger partial charge in [-0.25, -0.2) is 9.97 Å². The van der Waals surface area contributed by atoms with Crippen LogP contribution in [0.4, 0.5) is 5.82 Å². The second-order valence-corrected chi connectivity index (χ2v) is 5.30. The van der Waals surface area contributed by atoms with Gasteiger partial charge in [0.15, 0.2) is 5.65 Å². The minimum atomic E-state index is 0.348. The smallest absolute Gasteiger partial charge is 0.160 e. The number of aromatic nitrogens is 4. The van der Waals surface area contributed by atoms with E-state index in [9.17, 15) is 0 Å². The predicted molar refractivity (Wildman–Crippen MR) is 66.4 cm³/mol. The molecule has 2 aliphatic heterocycles. The van der Waals surface area contributed by atoms with Gasteiger partial charge in [-0.1, -0.05) is 0 Å². The third-order valence-electron chi connectivity index (χ3n) is 4.15. The van der Waals surface area contributed by atoms with Crippen molar-refractivity contribution in [2.75, 3.05) is 31.2 Å². The first kappa shape index (κ1) is 10.3. The zero-order valence-corrected chi connectivity index (χ0v) is 10.1. The molecule has 2 fully saturated rings. The van der Waals surface area contributed by atoms with Gasteiger partial charge in [-0.2, -0.15) is 5.10 Å². The summed E-state index contributed by atoms with van der Waals surface area (Å²) in [5, 5.41) is 7.94. The number of H-pyrrole nitrogens is 1. The summed E-state index contributed by atoms with van der Waals surface area (Å²) in [6.45, 7) is 3.87. The Bertz CT molecular complexity index is 575. The fraction of sp³-hybridized carbons (Fsp3) is 0.583. The van der Waals surface area contributed by atoms with E-state index in [-0.39, 0.29) is 0 Å². The fourth-order valence-corrected chi connectivity index (χ4v) is 3.09. The van der Waals surface area contributed by atoms with E-state index in [0.29, 0.717) is 5.41 Å². The first-order valence-electron chi connectivity index (χ1n) is 6.33. The van der Waals surface area contributed by atoms with E-state index in [0.717, 1.165) is 43.2 Å². The Balaban J connectivity index is 1.70. The molecule has 2 aliphatic rings. The lowest BCUT2D eigenvalue weighted by molar-refractivity contribution is 0.160. The topological polar surface area (TPSA) is 66.9 Å². The number of nitrogens with zero attached hydrogens (tertiary/aromatic N) is 4. The molecule has 18 heavy (non-hydrogen) atoms. The Kier molecular flexibility index (Phi) is 2.08. The lowest BCUT2D eigenvalue weighted by Gasteiger charge is -2.22. The number of aromatic amines is 1. The Morgan fingerprint density at radius 1 is 1.33 bits per heavy atom. The summed E-state index contributed by atoms with van der Waals surface area (Å²) < 4.78 is 5.56. The molecule has 0 aromatic carbocycles. The van der Waals surface area contributed by atoms with Gasteiger partial charge in [0.1, 0.15) is 12.1 Å². The van der Waals surface area contributed by atoms with Crippen LogP contribution in [0.3, 0.4) is 0 Å². The molecule has 6 heteroatoms. The highest BCUT2D eigenvalue weighted by Gasteiger charge is 2.42. The minimum Gasteiger partial charge on any atom is -0.381 e. The Morgan fingerprint density at radius 2 is 2.33 bits per heavy atom. The van der Waals surface area contributed by atoms with Crippen LogP contribution < -0.4 is 4.90 Å². The van der Waals surface area contributed by atoms with E-state index in [1.54, 1.807) is 12.5 Å². The molecular formula is C12H15N5O. The fourth-order valence-electron chi connectivity index (χ4n) is 3.09. The van der Waals surface area contributed by atoms with Crippen LogP contribution in [-0.4, -0.2) is 46.5 Å². The Labute approximate surface area is 104 Å². The number of hydrogen-bond donors (Lipinski definition) is 1. The quantitative estimate of drug-likeness (QED) is 0.811. The number of nitrogens with one attached hydrogen (secondary N) is 1. The first-order valence-corrected chi connectivity index (χ1v) is 6.33. The van der Waals surface area contributed by atoms with Crippen LogP contribution in [0.2, 0.25) is 0 Å². The molecule has 0 aliphatic carbocycles. The lowest BCUT2D eigenvalue weighted by Crippen LogP contribution is -2.28. The van der Waals surface area contributed by atoms with Gasteiger partial charge in [-0.15, -0.1) is 0 Å². The van der Waals surface area contributed by atoms with Crippen molar-refractivity contribution in [3.63, 3.8) is 0 Å². The molecule has 0 bridgehead atoms. The Hall–Kier alpha value is -1.69. The molecular weight excluding hydrogens is 230 g/mol. The van der Waals surface area contributed by atoms with Crippen molar-refractivity contribution in [3.05, 3.63) is 12.5 Å². The van der Waals surface area contributed by atoms with Crippen LogP contribution in [0.1, 0.15) is 12.8 Å². The van der Waals surface area contributed by atoms with Gasteiger partial charge in [-0.05, 0) is 12.8 Å². The van der Waals surface area contributed by atoms with Crippen LogP contribution in [0.15, 0.2) is 12.5 Å². The van der Waals surface area contributed by atoms with E-state index in [2.05, 4.69) is 25.1 Å². The zero-order valence-electron chi connectivity index (χ0n) is 10.1. The molecule has 1 spiro atoms. The van der Waals surface area contributed by atoms with Gasteiger partial charge in [0.2, 0.25) is 0 Å². The van der Waals surface area contributed by atoms with Crippen molar-refractivity contribution in [1.29, 1.82) is 0 Å². The third kappa shape index (κ3) is 1.42. The average Bonchev–Trinajstić information content (AvgIpc) is 3.11. The maximum absolute atomic E-state index is 5.56. The average molecular weight is 245 g/mol. The molecule has 2 aromatic rings. The third-order valence-corrected chi connectivity index (χ3v) is 4.15. The van der Waals surface area contributed by atoms with Gasteiger partial charge < -0.3 is 9.64 Å². The molecule has 2 aromatic heterocycles. The van der Waals surface area contributed by atoms with E-state index in [4.69, 9.17) is 4.74 Å². The molecule has 0 radical (unpaired) electrons. The first-order chi connectivity index (χ1) is 8.86. The SMILES string of the molecule is c1nc(N2CC[C@@]3(CCOC3)C2)c2cn[nH]c2n1. The van der Waals surface area contributed by atoms with Crippen LogP contribution in [0.25, 0.3) is 11.0 Å². The van der Waals surface area contributed by atoms with Crippen molar-refractivity contribution < 1.29 is 4.74 Å². The predicted octanol–water partition coefficient (Wildman–Crippen LogP) is 0.970. The molecule has 4 rings (SSSR count). The zero-order chi connectivity index (χ0) is 12.0. The van der Waals surface area contributed by atoms with Crippen molar-refractivity contribution in [3.8, 4) is 0 Å². The molecule has 94 valence electrons. The monoisotopic (exact) mass is 245 g/mol. The minimum absolute atomic E-state index is 0.348. The van der Waals surface area contributed by atoms with Crippen molar-refractivity contribution in [2.45, 2.75) is 12.8 Å². The summed E-state index contributed by atoms with van der Waals surface area (Å²) >= 11 is 0. The van der Waals surface area contributed by atoms with Gasteiger partial charge >= 0.3 is 0 Å². The molecule has 6 nitrogen and oxygen atoms in total. The summed E-state index contributed by atoms with van der Waals surface area (Å²) in [5.74, 6) is 0.998. The Morgan fingerprint density at radius 3 is 3.22 bits per heavy atom. The van der Waals surface area contributed by atoms with E-state index in [1.165, 1.54) is 12.8 Å². The highest BCUT2D eigenvalue weighted by atomic mass is 16.5. The number of anilines is 1. The standard InChI is InChI=1S/C12H15N5O/c1-3-17(6-12(1)2-4-18-7-12)11-9-5-15-16-10(9)13-8-14-11/h5,8H,1-4,6-7H2,(H,13,14,15,16)/t12-/m1/s1. The molecule has 4 heterocycles. The molecule has 2 saturated heterocycles. The summed E-state index contributed by atoms with van der Waals surface area (Å²) in [5.41, 5.74) is 1.16. The molecule has 1 N–H and O–H groups in total. The summed E-state index contributed by atoms with van der Waals surface area (Å²) in [6.07, 6.45) is 5.77. The second kappa shape index (κ2) is 3.65. The number of ether oxygens (including phenoxy) is 1. The second-order valence-electron chi connectivity index (χ2n) is 5.30. The van der Waals surface area contributed by atoms with E-state index >= 15 is 0 Å². The molecule has 0 amide bonds. The van der Waals surface area contributed by atoms with Crippen molar-refractivity contribution in [2.24, 2.45) is 5.41 Å². The van der Waals surface area contributed by atoms with Gasteiger partial charge in [-0.3, -0.25) is 5.10 Å². The largest absolute Gasteiger partial charge is 0.381 e. The van der Waals surface area contributed by atoms with Crippen molar-refractivity contribution >= 4 is 16.9 Å². The van der Waals surface area contributed by atoms with Crippen molar-refractivity contribution in [1.82, 2.24) is 20.2 Å². The summed E-state index contributed by atoms with van der Waals surface area (Å²) in [7, 11) is 0. The van der Waals surface area contributed by atoms with Crippen LogP contribution in [0, 0.1) is 5.41 Å². The van der Waals surface area contributed by atoms with Gasteiger partial charge in [0.05, 0.1) is 18.2 Å². The number of hydrogen-bond acceptors (Lipinski definition) is 5. The number of fused-ring (bicyclic) bond motifs is 1. The van der Waals surface area contributed by atoms with Crippen LogP contribution in [0.5, 0.6) is 0 Å². The highest BCUT2D eigenvalue weighted by Crippen LogP contribution is 2.40. The number of rotatable bonds is 1. The summed E-state index contributed by atoms with van der Waals surface area (Å²) in [4.78, 5) is 11.0. The molecule has 0 saturated carbocycles.